The number of aromatic carboxylic acids is 1. The molecule has 4 aromatic rings. The van der Waals surface area contributed by atoms with Crippen LogP contribution in [0.5, 0.6) is 0 Å². The van der Waals surface area contributed by atoms with E-state index in [4.69, 9.17) is 34.8 Å². The van der Waals surface area contributed by atoms with Gasteiger partial charge >= 0.3 is 5.97 Å². The van der Waals surface area contributed by atoms with Crippen molar-refractivity contribution in [3.63, 3.8) is 0 Å². The Hall–Kier alpha value is -4.28. The molecule has 0 aromatic heterocycles. The summed E-state index contributed by atoms with van der Waals surface area (Å²) < 4.78 is 0. The topological polar surface area (TPSA) is 125 Å². The van der Waals surface area contributed by atoms with E-state index in [2.05, 4.69) is 16.0 Å². The SMILES string of the molecule is O=C(CSc1cccc(NC(=O)/C(=C\c2ccc(Cl)cc2Cl)NC(=O)c2ccccc2)c1)Nc1ccc(Cl)c(C(=O)O)c1. The summed E-state index contributed by atoms with van der Waals surface area (Å²) in [5.74, 6) is -2.66. The van der Waals surface area contributed by atoms with Crippen molar-refractivity contribution < 1.29 is 24.3 Å². The van der Waals surface area contributed by atoms with E-state index in [1.807, 2.05) is 0 Å². The van der Waals surface area contributed by atoms with Gasteiger partial charge in [-0.1, -0.05) is 65.1 Å². The molecule has 0 aliphatic rings. The Morgan fingerprint density at radius 2 is 1.51 bits per heavy atom. The minimum absolute atomic E-state index is 0.00970. The first-order valence-corrected chi connectivity index (χ1v) is 14.6. The first-order valence-electron chi connectivity index (χ1n) is 12.5. The lowest BCUT2D eigenvalue weighted by molar-refractivity contribution is -0.114. The third-order valence-corrected chi connectivity index (χ3v) is 7.62. The molecule has 0 atom stereocenters. The molecule has 0 spiro atoms. The molecule has 0 saturated carbocycles. The lowest BCUT2D eigenvalue weighted by atomic mass is 10.1. The number of carboxylic acids is 1. The minimum atomic E-state index is -1.21. The van der Waals surface area contributed by atoms with Gasteiger partial charge in [-0.2, -0.15) is 0 Å². The van der Waals surface area contributed by atoms with E-state index in [-0.39, 0.29) is 27.9 Å². The highest BCUT2D eigenvalue weighted by Crippen LogP contribution is 2.25. The van der Waals surface area contributed by atoms with Crippen LogP contribution in [0.15, 0.2) is 102 Å². The number of carbonyl (C=O) groups is 4. The highest BCUT2D eigenvalue weighted by molar-refractivity contribution is 8.00. The molecular weight excluding hydrogens is 633 g/mol. The number of thioether (sulfide) groups is 1. The first kappa shape index (κ1) is 31.7. The van der Waals surface area contributed by atoms with Crippen LogP contribution < -0.4 is 16.0 Å². The van der Waals surface area contributed by atoms with E-state index < -0.39 is 17.8 Å². The van der Waals surface area contributed by atoms with Crippen LogP contribution in [0.3, 0.4) is 0 Å². The number of nitrogens with one attached hydrogen (secondary N) is 3. The van der Waals surface area contributed by atoms with E-state index in [0.29, 0.717) is 37.4 Å². The molecule has 8 nitrogen and oxygen atoms in total. The van der Waals surface area contributed by atoms with Gasteiger partial charge in [-0.3, -0.25) is 14.4 Å². The molecule has 12 heteroatoms. The van der Waals surface area contributed by atoms with Gasteiger partial charge in [0.1, 0.15) is 5.70 Å². The number of amides is 3. The molecule has 0 bridgehead atoms. The number of hydrogen-bond donors (Lipinski definition) is 4. The Morgan fingerprint density at radius 3 is 2.23 bits per heavy atom. The number of carboxylic acid groups (broad SMARTS) is 1. The molecule has 0 saturated heterocycles. The van der Waals surface area contributed by atoms with Crippen LogP contribution in [-0.4, -0.2) is 34.6 Å². The van der Waals surface area contributed by atoms with Crippen LogP contribution in [0.1, 0.15) is 26.3 Å². The van der Waals surface area contributed by atoms with Crippen molar-refractivity contribution >= 4 is 87.7 Å². The van der Waals surface area contributed by atoms with Crippen LogP contribution in [0.2, 0.25) is 15.1 Å². The molecule has 0 radical (unpaired) electrons. The molecule has 0 aliphatic carbocycles. The highest BCUT2D eigenvalue weighted by Gasteiger charge is 2.17. The Labute approximate surface area is 266 Å². The fraction of sp³-hybridized carbons (Fsp3) is 0.0323. The maximum atomic E-state index is 13.4. The third-order valence-electron chi connectivity index (χ3n) is 5.73. The summed E-state index contributed by atoms with van der Waals surface area (Å²) in [6.07, 6.45) is 1.45. The average molecular weight is 655 g/mol. The van der Waals surface area contributed by atoms with Crippen molar-refractivity contribution in [1.82, 2.24) is 5.32 Å². The summed E-state index contributed by atoms with van der Waals surface area (Å²) in [5.41, 5.74) is 1.36. The average Bonchev–Trinajstić information content (AvgIpc) is 2.98. The maximum Gasteiger partial charge on any atom is 0.337 e. The second-order valence-electron chi connectivity index (χ2n) is 8.86. The van der Waals surface area contributed by atoms with Gasteiger partial charge in [0.25, 0.3) is 11.8 Å². The van der Waals surface area contributed by atoms with Crippen LogP contribution in [0.4, 0.5) is 11.4 Å². The summed E-state index contributed by atoms with van der Waals surface area (Å²) in [6, 6.07) is 24.2. The molecule has 0 heterocycles. The second-order valence-corrected chi connectivity index (χ2v) is 11.2. The van der Waals surface area contributed by atoms with Crippen LogP contribution in [0.25, 0.3) is 6.08 Å². The predicted octanol–water partition coefficient (Wildman–Crippen LogP) is 7.49. The monoisotopic (exact) mass is 653 g/mol. The van der Waals surface area contributed by atoms with Crippen LogP contribution in [0, 0.1) is 0 Å². The van der Waals surface area contributed by atoms with Crippen molar-refractivity contribution in [2.45, 2.75) is 4.90 Å². The van der Waals surface area contributed by atoms with Gasteiger partial charge in [0.05, 0.1) is 16.3 Å². The molecular formula is C31H22Cl3N3O5S. The molecule has 4 N–H and O–H groups in total. The number of benzene rings is 4. The van der Waals surface area contributed by atoms with E-state index in [9.17, 15) is 24.3 Å². The Bertz CT molecular complexity index is 1730. The minimum Gasteiger partial charge on any atom is -0.478 e. The first-order chi connectivity index (χ1) is 20.6. The third kappa shape index (κ3) is 9.10. The van der Waals surface area contributed by atoms with Crippen molar-refractivity contribution in [3.05, 3.63) is 128 Å². The van der Waals surface area contributed by atoms with Gasteiger partial charge < -0.3 is 21.1 Å². The Balaban J connectivity index is 1.46. The zero-order valence-electron chi connectivity index (χ0n) is 22.1. The normalized spacial score (nSPS) is 11.0. The van der Waals surface area contributed by atoms with Crippen molar-refractivity contribution in [1.29, 1.82) is 0 Å². The maximum absolute atomic E-state index is 13.4. The molecule has 0 fully saturated rings. The van der Waals surface area contributed by atoms with E-state index >= 15 is 0 Å². The largest absolute Gasteiger partial charge is 0.478 e. The van der Waals surface area contributed by atoms with E-state index in [1.165, 1.54) is 42.1 Å². The van der Waals surface area contributed by atoms with Crippen LogP contribution in [-0.2, 0) is 9.59 Å². The molecule has 3 amide bonds. The number of halogens is 3. The summed E-state index contributed by atoms with van der Waals surface area (Å²) in [4.78, 5) is 50.7. The number of hydrogen-bond acceptors (Lipinski definition) is 5. The smallest absolute Gasteiger partial charge is 0.337 e. The molecule has 0 unspecified atom stereocenters. The van der Waals surface area contributed by atoms with Crippen molar-refractivity contribution in [3.8, 4) is 0 Å². The second kappa shape index (κ2) is 14.8. The summed E-state index contributed by atoms with van der Waals surface area (Å²) in [5, 5.41) is 18.1. The van der Waals surface area contributed by atoms with Crippen LogP contribution >= 0.6 is 46.6 Å². The number of rotatable bonds is 10. The quantitative estimate of drug-likeness (QED) is 0.104. The standard InChI is InChI=1S/C31H22Cl3N3O5S/c32-20-10-9-19(26(34)14-20)13-27(37-29(39)18-5-2-1-3-6-18)30(40)36-21-7-4-8-23(15-21)43-17-28(38)35-22-11-12-25(33)24(16-22)31(41)42/h1-16H,17H2,(H,35,38)(H,36,40)(H,37,39)(H,41,42)/b27-13+. The molecule has 43 heavy (non-hydrogen) atoms. The fourth-order valence-electron chi connectivity index (χ4n) is 3.69. The highest BCUT2D eigenvalue weighted by atomic mass is 35.5. The number of carbonyl (C=O) groups excluding carboxylic acids is 3. The Kier molecular flexibility index (Phi) is 10.9. The van der Waals surface area contributed by atoms with E-state index in [0.717, 1.165) is 0 Å². The molecule has 218 valence electrons. The lowest BCUT2D eigenvalue weighted by Crippen LogP contribution is -2.30. The molecule has 4 rings (SSSR count). The fourth-order valence-corrected chi connectivity index (χ4v) is 5.11. The van der Waals surface area contributed by atoms with Gasteiger partial charge in [-0.15, -0.1) is 11.8 Å². The zero-order valence-corrected chi connectivity index (χ0v) is 25.2. The number of anilines is 2. The summed E-state index contributed by atoms with van der Waals surface area (Å²) in [6.45, 7) is 0. The molecule has 4 aromatic carbocycles. The van der Waals surface area contributed by atoms with Crippen molar-refractivity contribution in [2.24, 2.45) is 0 Å². The summed E-state index contributed by atoms with van der Waals surface area (Å²) >= 11 is 19.4. The lowest BCUT2D eigenvalue weighted by Gasteiger charge is -2.13. The van der Waals surface area contributed by atoms with E-state index in [1.54, 1.807) is 66.7 Å². The van der Waals surface area contributed by atoms with Gasteiger partial charge in [-0.25, -0.2) is 4.79 Å². The zero-order chi connectivity index (χ0) is 30.9. The van der Waals surface area contributed by atoms with Crippen molar-refractivity contribution in [2.75, 3.05) is 16.4 Å². The van der Waals surface area contributed by atoms with Gasteiger partial charge in [0, 0.05) is 31.9 Å². The van der Waals surface area contributed by atoms with Gasteiger partial charge in [-0.05, 0) is 72.3 Å². The Morgan fingerprint density at radius 1 is 0.767 bits per heavy atom. The summed E-state index contributed by atoms with van der Waals surface area (Å²) in [7, 11) is 0. The van der Waals surface area contributed by atoms with Gasteiger partial charge in [0.2, 0.25) is 5.91 Å². The molecule has 0 aliphatic heterocycles. The van der Waals surface area contributed by atoms with Gasteiger partial charge in [0.15, 0.2) is 0 Å². The predicted molar refractivity (Wildman–Crippen MR) is 171 cm³/mol.